The predicted molar refractivity (Wildman–Crippen MR) is 62.4 cm³/mol. The van der Waals surface area contributed by atoms with Crippen LogP contribution in [0.3, 0.4) is 0 Å². The molecular formula is C13H20N2O. The molecule has 0 spiro atoms. The first-order valence-corrected chi connectivity index (χ1v) is 6.66. The van der Waals surface area contributed by atoms with Gasteiger partial charge in [0.15, 0.2) is 5.76 Å². The Morgan fingerprint density at radius 2 is 2.00 bits per heavy atom. The Morgan fingerprint density at radius 1 is 1.06 bits per heavy atom. The molecule has 0 saturated carbocycles. The van der Waals surface area contributed by atoms with E-state index in [1.165, 1.54) is 56.2 Å². The molecule has 1 aromatic rings. The van der Waals surface area contributed by atoms with Crippen molar-refractivity contribution in [3.05, 3.63) is 17.0 Å². The third-order valence-corrected chi connectivity index (χ3v) is 3.87. The van der Waals surface area contributed by atoms with E-state index >= 15 is 0 Å². The molecule has 3 heteroatoms. The lowest BCUT2D eigenvalue weighted by Crippen LogP contribution is -2.27. The third-order valence-electron chi connectivity index (χ3n) is 3.87. The number of hydrogen-bond acceptors (Lipinski definition) is 3. The summed E-state index contributed by atoms with van der Waals surface area (Å²) < 4.78 is 5.60. The lowest BCUT2D eigenvalue weighted by molar-refractivity contribution is 0.300. The first-order chi connectivity index (χ1) is 7.95. The van der Waals surface area contributed by atoms with Gasteiger partial charge in [-0.25, -0.2) is 0 Å². The first kappa shape index (κ1) is 10.3. The van der Waals surface area contributed by atoms with Gasteiger partial charge in [0, 0.05) is 5.56 Å². The highest BCUT2D eigenvalue weighted by atomic mass is 16.5. The summed E-state index contributed by atoms with van der Waals surface area (Å²) in [7, 11) is 0. The lowest BCUT2D eigenvalue weighted by Gasteiger charge is -2.21. The van der Waals surface area contributed by atoms with Crippen molar-refractivity contribution in [3.63, 3.8) is 0 Å². The molecule has 1 aliphatic heterocycles. The molecule has 0 radical (unpaired) electrons. The predicted octanol–water partition coefficient (Wildman–Crippen LogP) is 2.76. The molecule has 0 amide bonds. The van der Waals surface area contributed by atoms with Crippen molar-refractivity contribution in [2.45, 2.75) is 57.4 Å². The SMILES string of the molecule is C1CCc2noc(C3CCCCN3)c2CC1. The van der Waals surface area contributed by atoms with Crippen LogP contribution < -0.4 is 5.32 Å². The van der Waals surface area contributed by atoms with E-state index < -0.39 is 0 Å². The zero-order valence-corrected chi connectivity index (χ0v) is 9.80. The molecule has 3 rings (SSSR count). The van der Waals surface area contributed by atoms with Gasteiger partial charge >= 0.3 is 0 Å². The summed E-state index contributed by atoms with van der Waals surface area (Å²) in [6, 6.07) is 0.433. The number of aryl methyl sites for hydroxylation is 1. The maximum absolute atomic E-state index is 5.60. The zero-order chi connectivity index (χ0) is 10.8. The van der Waals surface area contributed by atoms with Crippen LogP contribution in [0, 0.1) is 0 Å². The average molecular weight is 220 g/mol. The van der Waals surface area contributed by atoms with Gasteiger partial charge in [0.1, 0.15) is 0 Å². The normalized spacial score (nSPS) is 26.1. The Morgan fingerprint density at radius 3 is 2.88 bits per heavy atom. The molecule has 0 aromatic carbocycles. The Labute approximate surface area is 96.6 Å². The Bertz CT molecular complexity index is 353. The van der Waals surface area contributed by atoms with Crippen LogP contribution in [0.5, 0.6) is 0 Å². The molecule has 16 heavy (non-hydrogen) atoms. The monoisotopic (exact) mass is 220 g/mol. The van der Waals surface area contributed by atoms with Gasteiger partial charge < -0.3 is 9.84 Å². The molecule has 3 nitrogen and oxygen atoms in total. The van der Waals surface area contributed by atoms with Crippen LogP contribution in [-0.2, 0) is 12.8 Å². The van der Waals surface area contributed by atoms with E-state index in [-0.39, 0.29) is 0 Å². The van der Waals surface area contributed by atoms with Gasteiger partial charge in [0.05, 0.1) is 11.7 Å². The number of aromatic nitrogens is 1. The number of rotatable bonds is 1. The van der Waals surface area contributed by atoms with Gasteiger partial charge in [-0.3, -0.25) is 0 Å². The van der Waals surface area contributed by atoms with Crippen LogP contribution in [0.15, 0.2) is 4.52 Å². The van der Waals surface area contributed by atoms with Crippen molar-refractivity contribution in [1.29, 1.82) is 0 Å². The van der Waals surface area contributed by atoms with Gasteiger partial charge in [-0.05, 0) is 45.1 Å². The summed E-state index contributed by atoms with van der Waals surface area (Å²) in [5, 5.41) is 7.84. The van der Waals surface area contributed by atoms with Crippen LogP contribution in [0.25, 0.3) is 0 Å². The number of fused-ring (bicyclic) bond motifs is 1. The molecule has 1 atom stereocenters. The van der Waals surface area contributed by atoms with Crippen molar-refractivity contribution in [2.24, 2.45) is 0 Å². The highest BCUT2D eigenvalue weighted by Gasteiger charge is 2.25. The maximum atomic E-state index is 5.60. The van der Waals surface area contributed by atoms with E-state index in [4.69, 9.17) is 4.52 Å². The second-order valence-corrected chi connectivity index (χ2v) is 5.04. The van der Waals surface area contributed by atoms with E-state index in [2.05, 4.69) is 10.5 Å². The molecule has 1 aromatic heterocycles. The summed E-state index contributed by atoms with van der Waals surface area (Å²) in [5.41, 5.74) is 2.66. The van der Waals surface area contributed by atoms with Crippen LogP contribution in [0.2, 0.25) is 0 Å². The van der Waals surface area contributed by atoms with Crippen molar-refractivity contribution in [2.75, 3.05) is 6.54 Å². The van der Waals surface area contributed by atoms with Crippen molar-refractivity contribution in [3.8, 4) is 0 Å². The fourth-order valence-electron chi connectivity index (χ4n) is 2.94. The second-order valence-electron chi connectivity index (χ2n) is 5.04. The van der Waals surface area contributed by atoms with Gasteiger partial charge in [0.2, 0.25) is 0 Å². The first-order valence-electron chi connectivity index (χ1n) is 6.66. The fourth-order valence-corrected chi connectivity index (χ4v) is 2.94. The minimum absolute atomic E-state index is 0.433. The lowest BCUT2D eigenvalue weighted by atomic mass is 9.97. The minimum Gasteiger partial charge on any atom is -0.359 e. The summed E-state index contributed by atoms with van der Waals surface area (Å²) >= 11 is 0. The van der Waals surface area contributed by atoms with E-state index in [1.807, 2.05) is 0 Å². The van der Waals surface area contributed by atoms with Crippen LogP contribution in [-0.4, -0.2) is 11.7 Å². The summed E-state index contributed by atoms with van der Waals surface area (Å²) in [6.45, 7) is 1.13. The summed E-state index contributed by atoms with van der Waals surface area (Å²) in [6.07, 6.45) is 10.0. The molecule has 0 bridgehead atoms. The van der Waals surface area contributed by atoms with Gasteiger partial charge in [-0.1, -0.05) is 18.0 Å². The molecular weight excluding hydrogens is 200 g/mol. The molecule has 1 saturated heterocycles. The Balaban J connectivity index is 1.86. The second kappa shape index (κ2) is 4.58. The molecule has 1 N–H and O–H groups in total. The average Bonchev–Trinajstić information content (AvgIpc) is 2.60. The van der Waals surface area contributed by atoms with E-state index in [9.17, 15) is 0 Å². The molecule has 2 aliphatic rings. The van der Waals surface area contributed by atoms with Crippen LogP contribution in [0.4, 0.5) is 0 Å². The highest BCUT2D eigenvalue weighted by molar-refractivity contribution is 5.27. The van der Waals surface area contributed by atoms with Crippen molar-refractivity contribution < 1.29 is 4.52 Å². The number of piperidine rings is 1. The molecule has 1 fully saturated rings. The van der Waals surface area contributed by atoms with Gasteiger partial charge in [0.25, 0.3) is 0 Å². The van der Waals surface area contributed by atoms with Crippen molar-refractivity contribution in [1.82, 2.24) is 10.5 Å². The van der Waals surface area contributed by atoms with E-state index in [0.29, 0.717) is 6.04 Å². The topological polar surface area (TPSA) is 38.1 Å². The molecule has 1 unspecified atom stereocenters. The minimum atomic E-state index is 0.433. The smallest absolute Gasteiger partial charge is 0.157 e. The maximum Gasteiger partial charge on any atom is 0.157 e. The highest BCUT2D eigenvalue weighted by Crippen LogP contribution is 2.31. The van der Waals surface area contributed by atoms with Crippen LogP contribution >= 0.6 is 0 Å². The number of nitrogens with one attached hydrogen (secondary N) is 1. The summed E-state index contributed by atoms with van der Waals surface area (Å²) in [5.74, 6) is 1.15. The quantitative estimate of drug-likeness (QED) is 0.739. The third kappa shape index (κ3) is 1.88. The standard InChI is InChI=1S/C13H20N2O/c1-2-6-10-11(7-3-1)15-16-13(10)12-8-4-5-9-14-12/h12,14H,1-9H2. The number of nitrogens with zero attached hydrogens (tertiary/aromatic N) is 1. The molecule has 2 heterocycles. The summed E-state index contributed by atoms with van der Waals surface area (Å²) in [4.78, 5) is 0. The molecule has 88 valence electrons. The van der Waals surface area contributed by atoms with Crippen LogP contribution in [0.1, 0.15) is 61.6 Å². The zero-order valence-electron chi connectivity index (χ0n) is 9.80. The largest absolute Gasteiger partial charge is 0.359 e. The van der Waals surface area contributed by atoms with Crippen molar-refractivity contribution >= 4 is 0 Å². The Kier molecular flexibility index (Phi) is 2.96. The molecule has 1 aliphatic carbocycles. The Hall–Kier alpha value is -0.830. The van der Waals surface area contributed by atoms with Gasteiger partial charge in [-0.2, -0.15) is 0 Å². The van der Waals surface area contributed by atoms with Gasteiger partial charge in [-0.15, -0.1) is 0 Å². The van der Waals surface area contributed by atoms with E-state index in [1.54, 1.807) is 0 Å². The number of hydrogen-bond donors (Lipinski definition) is 1. The fraction of sp³-hybridized carbons (Fsp3) is 0.769. The van der Waals surface area contributed by atoms with E-state index in [0.717, 1.165) is 18.7 Å².